The van der Waals surface area contributed by atoms with E-state index in [9.17, 15) is 4.79 Å². The first-order valence-corrected chi connectivity index (χ1v) is 5.84. The van der Waals surface area contributed by atoms with Gasteiger partial charge in [0.25, 0.3) is 0 Å². The number of benzene rings is 1. The molecule has 1 aromatic carbocycles. The first-order valence-electron chi connectivity index (χ1n) is 5.84. The lowest BCUT2D eigenvalue weighted by molar-refractivity contribution is 0.174. The highest BCUT2D eigenvalue weighted by Gasteiger charge is 2.35. The second-order valence-corrected chi connectivity index (χ2v) is 4.43. The molecule has 96 valence electrons. The minimum atomic E-state index is -0.0377. The summed E-state index contributed by atoms with van der Waals surface area (Å²) in [5.41, 5.74) is 6.46. The number of fused-ring (bicyclic) bond motifs is 1. The molecule has 0 aliphatic carbocycles. The molecule has 1 unspecified atom stereocenters. The molecule has 2 heterocycles. The van der Waals surface area contributed by atoms with Crippen LogP contribution >= 0.6 is 0 Å². The topological polar surface area (TPSA) is 68.0 Å². The molecule has 1 atom stereocenters. The van der Waals surface area contributed by atoms with E-state index in [0.717, 1.165) is 5.69 Å². The Morgan fingerprint density at radius 2 is 2.17 bits per heavy atom. The zero-order chi connectivity index (χ0) is 12.7. The van der Waals surface area contributed by atoms with Crippen LogP contribution in [0.25, 0.3) is 0 Å². The van der Waals surface area contributed by atoms with Gasteiger partial charge in [-0.15, -0.1) is 0 Å². The van der Waals surface area contributed by atoms with Crippen molar-refractivity contribution in [3.63, 3.8) is 0 Å². The predicted octanol–water partition coefficient (Wildman–Crippen LogP) is 0.614. The molecule has 6 heteroatoms. The van der Waals surface area contributed by atoms with Gasteiger partial charge in [-0.1, -0.05) is 0 Å². The van der Waals surface area contributed by atoms with Crippen LogP contribution < -0.4 is 20.1 Å². The van der Waals surface area contributed by atoms with Gasteiger partial charge in [-0.05, 0) is 12.1 Å². The second kappa shape index (κ2) is 4.06. The van der Waals surface area contributed by atoms with E-state index in [1.807, 2.05) is 18.2 Å². The molecule has 2 N–H and O–H groups in total. The summed E-state index contributed by atoms with van der Waals surface area (Å²) in [6, 6.07) is 5.53. The summed E-state index contributed by atoms with van der Waals surface area (Å²) in [6.07, 6.45) is 0. The number of nitrogens with two attached hydrogens (primary N) is 1. The fraction of sp³-hybridized carbons (Fsp3) is 0.417. The molecule has 1 fully saturated rings. The Kier molecular flexibility index (Phi) is 2.52. The van der Waals surface area contributed by atoms with E-state index in [0.29, 0.717) is 24.6 Å². The van der Waals surface area contributed by atoms with Crippen molar-refractivity contribution in [1.29, 1.82) is 0 Å². The molecule has 6 nitrogen and oxygen atoms in total. The lowest BCUT2D eigenvalue weighted by Crippen LogP contribution is -2.35. The Balaban J connectivity index is 1.89. The molecule has 1 saturated heterocycles. The third kappa shape index (κ3) is 1.57. The number of ether oxygens (including phenoxy) is 2. The lowest BCUT2D eigenvalue weighted by atomic mass is 10.2. The molecule has 0 aromatic heterocycles. The second-order valence-electron chi connectivity index (χ2n) is 4.43. The molecule has 2 aliphatic rings. The Morgan fingerprint density at radius 1 is 1.39 bits per heavy atom. The summed E-state index contributed by atoms with van der Waals surface area (Å²) < 4.78 is 10.6. The fourth-order valence-electron chi connectivity index (χ4n) is 2.26. The molecule has 3 rings (SSSR count). The van der Waals surface area contributed by atoms with Crippen LogP contribution in [0.4, 0.5) is 10.5 Å². The normalized spacial score (nSPS) is 21.9. The number of carbonyl (C=O) groups is 1. The number of nitrogens with zero attached hydrogens (tertiary/aromatic N) is 2. The third-order valence-electron chi connectivity index (χ3n) is 3.41. The monoisotopic (exact) mass is 249 g/mol. The number of carbonyl (C=O) groups excluding carboxylic acids is 1. The number of amides is 2. The fourth-order valence-corrected chi connectivity index (χ4v) is 2.26. The van der Waals surface area contributed by atoms with Crippen LogP contribution in [0.1, 0.15) is 0 Å². The van der Waals surface area contributed by atoms with Gasteiger partial charge < -0.3 is 20.1 Å². The van der Waals surface area contributed by atoms with E-state index in [1.165, 1.54) is 0 Å². The molecule has 1 aromatic rings. The van der Waals surface area contributed by atoms with Crippen LogP contribution in [-0.2, 0) is 0 Å². The third-order valence-corrected chi connectivity index (χ3v) is 3.41. The number of hydrogen-bond acceptors (Lipinski definition) is 4. The molecule has 0 spiro atoms. The van der Waals surface area contributed by atoms with Crippen LogP contribution in [0.15, 0.2) is 18.2 Å². The predicted molar refractivity (Wildman–Crippen MR) is 65.9 cm³/mol. The van der Waals surface area contributed by atoms with E-state index in [4.69, 9.17) is 15.2 Å². The largest absolute Gasteiger partial charge is 0.454 e. The Labute approximate surface area is 105 Å². The maximum atomic E-state index is 12.1. The maximum absolute atomic E-state index is 12.1. The Morgan fingerprint density at radius 3 is 2.89 bits per heavy atom. The van der Waals surface area contributed by atoms with Gasteiger partial charge in [-0.25, -0.2) is 4.79 Å². The average molecular weight is 249 g/mol. The van der Waals surface area contributed by atoms with Crippen molar-refractivity contribution in [2.24, 2.45) is 5.73 Å². The highest BCUT2D eigenvalue weighted by atomic mass is 16.7. The average Bonchev–Trinajstić information content (AvgIpc) is 2.95. The summed E-state index contributed by atoms with van der Waals surface area (Å²) in [6.45, 7) is 1.30. The van der Waals surface area contributed by atoms with Crippen molar-refractivity contribution in [2.45, 2.75) is 6.04 Å². The van der Waals surface area contributed by atoms with Gasteiger partial charge in [0.15, 0.2) is 11.5 Å². The van der Waals surface area contributed by atoms with Crippen molar-refractivity contribution in [1.82, 2.24) is 4.90 Å². The zero-order valence-corrected chi connectivity index (χ0v) is 10.1. The zero-order valence-electron chi connectivity index (χ0n) is 10.1. The maximum Gasteiger partial charge on any atom is 0.324 e. The number of hydrogen-bond donors (Lipinski definition) is 1. The number of rotatable bonds is 2. The Bertz CT molecular complexity index is 491. The quantitative estimate of drug-likeness (QED) is 0.834. The standard InChI is InChI=1S/C12H15N3O3/c1-14-9(5-13)6-15(12(14)16)8-2-3-10-11(4-8)18-7-17-10/h2-4,9H,5-7,13H2,1H3. The van der Waals surface area contributed by atoms with Crippen molar-refractivity contribution in [3.05, 3.63) is 18.2 Å². The molecule has 2 aliphatic heterocycles. The van der Waals surface area contributed by atoms with E-state index in [1.54, 1.807) is 16.8 Å². The summed E-state index contributed by atoms with van der Waals surface area (Å²) in [7, 11) is 1.77. The van der Waals surface area contributed by atoms with Gasteiger partial charge in [-0.3, -0.25) is 4.90 Å². The summed E-state index contributed by atoms with van der Waals surface area (Å²) >= 11 is 0. The number of anilines is 1. The van der Waals surface area contributed by atoms with Crippen LogP contribution in [0.2, 0.25) is 0 Å². The molecule has 0 saturated carbocycles. The minimum absolute atomic E-state index is 0.0377. The highest BCUT2D eigenvalue weighted by molar-refractivity contribution is 5.94. The minimum Gasteiger partial charge on any atom is -0.454 e. The first-order chi connectivity index (χ1) is 8.70. The molecular weight excluding hydrogens is 234 g/mol. The van der Waals surface area contributed by atoms with Crippen LogP contribution in [0, 0.1) is 0 Å². The lowest BCUT2D eigenvalue weighted by Gasteiger charge is -2.16. The summed E-state index contributed by atoms with van der Waals surface area (Å²) in [5.74, 6) is 1.40. The number of urea groups is 1. The first kappa shape index (κ1) is 11.2. The van der Waals surface area contributed by atoms with Gasteiger partial charge in [0.1, 0.15) is 0 Å². The van der Waals surface area contributed by atoms with Crippen molar-refractivity contribution >= 4 is 11.7 Å². The van der Waals surface area contributed by atoms with Gasteiger partial charge in [0.2, 0.25) is 6.79 Å². The molecule has 18 heavy (non-hydrogen) atoms. The van der Waals surface area contributed by atoms with Crippen LogP contribution in [0.3, 0.4) is 0 Å². The molecule has 0 bridgehead atoms. The highest BCUT2D eigenvalue weighted by Crippen LogP contribution is 2.36. The number of likely N-dealkylation sites (N-methyl/N-ethyl adjacent to an activating group) is 1. The van der Waals surface area contributed by atoms with Gasteiger partial charge in [0.05, 0.1) is 6.04 Å². The van der Waals surface area contributed by atoms with E-state index in [-0.39, 0.29) is 18.9 Å². The van der Waals surface area contributed by atoms with E-state index >= 15 is 0 Å². The smallest absolute Gasteiger partial charge is 0.324 e. The van der Waals surface area contributed by atoms with Crippen molar-refractivity contribution in [3.8, 4) is 11.5 Å². The molecular formula is C12H15N3O3. The molecule has 2 amide bonds. The van der Waals surface area contributed by atoms with Gasteiger partial charge in [-0.2, -0.15) is 0 Å². The SMILES string of the molecule is CN1C(=O)N(c2ccc3c(c2)OCO3)CC1CN. The van der Waals surface area contributed by atoms with Crippen LogP contribution in [-0.4, -0.2) is 43.9 Å². The van der Waals surface area contributed by atoms with E-state index < -0.39 is 0 Å². The summed E-state index contributed by atoms with van der Waals surface area (Å²) in [5, 5.41) is 0. The Hall–Kier alpha value is -1.95. The van der Waals surface area contributed by atoms with E-state index in [2.05, 4.69) is 0 Å². The van der Waals surface area contributed by atoms with Crippen molar-refractivity contribution in [2.75, 3.05) is 31.8 Å². The van der Waals surface area contributed by atoms with Crippen molar-refractivity contribution < 1.29 is 14.3 Å². The van der Waals surface area contributed by atoms with Crippen LogP contribution in [0.5, 0.6) is 11.5 Å². The van der Waals surface area contributed by atoms with Gasteiger partial charge >= 0.3 is 6.03 Å². The summed E-state index contributed by atoms with van der Waals surface area (Å²) in [4.78, 5) is 15.5. The van der Waals surface area contributed by atoms with Gasteiger partial charge in [0, 0.05) is 31.9 Å². The molecule has 0 radical (unpaired) electrons.